The van der Waals surface area contributed by atoms with Gasteiger partial charge < -0.3 is 20.8 Å². The van der Waals surface area contributed by atoms with Gasteiger partial charge in [-0.05, 0) is 17.5 Å². The molecule has 1 unspecified atom stereocenters. The van der Waals surface area contributed by atoms with E-state index in [1.165, 1.54) is 0 Å². The van der Waals surface area contributed by atoms with Crippen molar-refractivity contribution >= 4 is 11.9 Å². The highest BCUT2D eigenvalue weighted by atomic mass is 16.4. The van der Waals surface area contributed by atoms with Gasteiger partial charge in [0.2, 0.25) is 5.91 Å². The largest absolute Gasteiger partial charge is 0.480 e. The molecule has 102 valence electrons. The van der Waals surface area contributed by atoms with Gasteiger partial charge in [-0.3, -0.25) is 4.79 Å². The Bertz CT molecular complexity index is 489. The van der Waals surface area contributed by atoms with Crippen molar-refractivity contribution in [3.05, 3.63) is 35.4 Å². The van der Waals surface area contributed by atoms with Crippen molar-refractivity contribution in [2.75, 3.05) is 13.2 Å². The number of aliphatic carboxylic acids is 1. The number of carboxylic acid groups (broad SMARTS) is 1. The fraction of sp³-hybridized carbons (Fsp3) is 0.385. The minimum atomic E-state index is -1.27. The van der Waals surface area contributed by atoms with Gasteiger partial charge in [-0.15, -0.1) is 0 Å². The number of aliphatic hydroxyl groups excluding tert-OH is 1. The van der Waals surface area contributed by atoms with E-state index in [9.17, 15) is 9.59 Å². The quantitative estimate of drug-likeness (QED) is 0.584. The van der Waals surface area contributed by atoms with Crippen LogP contribution in [0, 0.1) is 0 Å². The van der Waals surface area contributed by atoms with Crippen LogP contribution in [0.15, 0.2) is 24.3 Å². The van der Waals surface area contributed by atoms with E-state index < -0.39 is 30.6 Å². The molecule has 1 aliphatic heterocycles. The Morgan fingerprint density at radius 3 is 2.84 bits per heavy atom. The molecule has 0 bridgehead atoms. The van der Waals surface area contributed by atoms with E-state index in [0.29, 0.717) is 6.54 Å². The number of carbonyl (C=O) groups is 2. The molecule has 19 heavy (non-hydrogen) atoms. The first kappa shape index (κ1) is 13.5. The number of benzene rings is 1. The molecule has 0 aromatic heterocycles. The topological polar surface area (TPSA) is 98.7 Å². The number of amides is 1. The SMILES string of the molecule is O=C(N[C@H](CO)C(=O)O)C1NCCc2ccccc21. The van der Waals surface area contributed by atoms with Crippen LogP contribution in [0.2, 0.25) is 0 Å². The van der Waals surface area contributed by atoms with E-state index in [0.717, 1.165) is 17.5 Å². The molecule has 0 fully saturated rings. The van der Waals surface area contributed by atoms with Crippen LogP contribution in [-0.4, -0.2) is 41.3 Å². The van der Waals surface area contributed by atoms with Crippen molar-refractivity contribution < 1.29 is 19.8 Å². The van der Waals surface area contributed by atoms with Crippen LogP contribution >= 0.6 is 0 Å². The fourth-order valence-corrected chi connectivity index (χ4v) is 2.18. The van der Waals surface area contributed by atoms with Crippen LogP contribution in [-0.2, 0) is 16.0 Å². The number of carbonyl (C=O) groups excluding carboxylic acids is 1. The smallest absolute Gasteiger partial charge is 0.328 e. The summed E-state index contributed by atoms with van der Waals surface area (Å²) in [5, 5.41) is 23.1. The van der Waals surface area contributed by atoms with Crippen LogP contribution in [0.5, 0.6) is 0 Å². The molecule has 0 spiro atoms. The van der Waals surface area contributed by atoms with Gasteiger partial charge in [0.05, 0.1) is 6.61 Å². The molecule has 0 aliphatic carbocycles. The summed E-state index contributed by atoms with van der Waals surface area (Å²) in [6, 6.07) is 5.71. The number of carboxylic acids is 1. The average Bonchev–Trinajstić information content (AvgIpc) is 2.43. The normalized spacial score (nSPS) is 19.3. The minimum absolute atomic E-state index is 0.436. The lowest BCUT2D eigenvalue weighted by atomic mass is 9.94. The van der Waals surface area contributed by atoms with Gasteiger partial charge in [0.1, 0.15) is 12.1 Å². The molecule has 1 aromatic rings. The molecule has 1 aromatic carbocycles. The number of nitrogens with one attached hydrogen (secondary N) is 2. The third-order valence-electron chi connectivity index (χ3n) is 3.17. The van der Waals surface area contributed by atoms with E-state index in [4.69, 9.17) is 10.2 Å². The summed E-state index contributed by atoms with van der Waals surface area (Å²) in [5.41, 5.74) is 1.94. The zero-order valence-corrected chi connectivity index (χ0v) is 10.3. The van der Waals surface area contributed by atoms with Crippen molar-refractivity contribution in [1.29, 1.82) is 0 Å². The van der Waals surface area contributed by atoms with Crippen molar-refractivity contribution in [3.63, 3.8) is 0 Å². The van der Waals surface area contributed by atoms with E-state index in [1.54, 1.807) is 0 Å². The number of rotatable bonds is 4. The Hall–Kier alpha value is -1.92. The van der Waals surface area contributed by atoms with Crippen LogP contribution in [0.3, 0.4) is 0 Å². The van der Waals surface area contributed by atoms with Gasteiger partial charge in [-0.25, -0.2) is 4.79 Å². The highest BCUT2D eigenvalue weighted by Gasteiger charge is 2.28. The maximum Gasteiger partial charge on any atom is 0.328 e. The van der Waals surface area contributed by atoms with Crippen molar-refractivity contribution in [1.82, 2.24) is 10.6 Å². The monoisotopic (exact) mass is 264 g/mol. The molecule has 1 heterocycles. The second-order valence-corrected chi connectivity index (χ2v) is 4.42. The summed E-state index contributed by atoms with van der Waals surface area (Å²) in [6.07, 6.45) is 0.836. The molecule has 2 atom stereocenters. The van der Waals surface area contributed by atoms with Crippen molar-refractivity contribution in [3.8, 4) is 0 Å². The number of hydrogen-bond donors (Lipinski definition) is 4. The molecular weight excluding hydrogens is 248 g/mol. The Kier molecular flexibility index (Phi) is 4.13. The summed E-state index contributed by atoms with van der Waals surface area (Å²) >= 11 is 0. The fourth-order valence-electron chi connectivity index (χ4n) is 2.18. The summed E-state index contributed by atoms with van der Waals surface area (Å²) in [4.78, 5) is 22.9. The molecule has 6 heteroatoms. The Morgan fingerprint density at radius 2 is 2.16 bits per heavy atom. The number of aliphatic hydroxyl groups is 1. The molecule has 0 radical (unpaired) electrons. The summed E-state index contributed by atoms with van der Waals surface area (Å²) in [7, 11) is 0. The summed E-state index contributed by atoms with van der Waals surface area (Å²) < 4.78 is 0. The van der Waals surface area contributed by atoms with E-state index in [-0.39, 0.29) is 0 Å². The lowest BCUT2D eigenvalue weighted by Gasteiger charge is -2.27. The molecule has 2 rings (SSSR count). The highest BCUT2D eigenvalue weighted by molar-refractivity contribution is 5.88. The van der Waals surface area contributed by atoms with Gasteiger partial charge in [0.15, 0.2) is 0 Å². The zero-order valence-electron chi connectivity index (χ0n) is 10.3. The predicted molar refractivity (Wildman–Crippen MR) is 67.5 cm³/mol. The zero-order chi connectivity index (χ0) is 13.8. The number of fused-ring (bicyclic) bond motifs is 1. The van der Waals surface area contributed by atoms with E-state index >= 15 is 0 Å². The lowest BCUT2D eigenvalue weighted by Crippen LogP contribution is -2.49. The van der Waals surface area contributed by atoms with Crippen LogP contribution < -0.4 is 10.6 Å². The van der Waals surface area contributed by atoms with Gasteiger partial charge in [-0.2, -0.15) is 0 Å². The lowest BCUT2D eigenvalue weighted by molar-refractivity contribution is -0.143. The number of hydrogen-bond acceptors (Lipinski definition) is 4. The standard InChI is InChI=1S/C13H16N2O4/c16-7-10(13(18)19)15-12(17)11-9-4-2-1-3-8(9)5-6-14-11/h1-4,10-11,14,16H,5-7H2,(H,15,17)(H,18,19)/t10-,11?/m1/s1. The molecule has 1 amide bonds. The second kappa shape index (κ2) is 5.81. The minimum Gasteiger partial charge on any atom is -0.480 e. The van der Waals surface area contributed by atoms with Gasteiger partial charge >= 0.3 is 5.97 Å². The van der Waals surface area contributed by atoms with Crippen LogP contribution in [0.4, 0.5) is 0 Å². The third kappa shape index (κ3) is 2.91. The Balaban J connectivity index is 2.15. The van der Waals surface area contributed by atoms with Crippen molar-refractivity contribution in [2.24, 2.45) is 0 Å². The first-order valence-electron chi connectivity index (χ1n) is 6.08. The molecule has 4 N–H and O–H groups in total. The third-order valence-corrected chi connectivity index (χ3v) is 3.17. The summed E-state index contributed by atoms with van der Waals surface area (Å²) in [6.45, 7) is 0.0292. The molecule has 0 saturated heterocycles. The van der Waals surface area contributed by atoms with Gasteiger partial charge in [-0.1, -0.05) is 24.3 Å². The van der Waals surface area contributed by atoms with Gasteiger partial charge in [0, 0.05) is 6.54 Å². The highest BCUT2D eigenvalue weighted by Crippen LogP contribution is 2.22. The van der Waals surface area contributed by atoms with E-state index in [1.807, 2.05) is 24.3 Å². The van der Waals surface area contributed by atoms with Crippen LogP contribution in [0.25, 0.3) is 0 Å². The summed E-state index contributed by atoms with van der Waals surface area (Å²) in [5.74, 6) is -1.69. The predicted octanol–water partition coefficient (Wildman–Crippen LogP) is -0.565. The van der Waals surface area contributed by atoms with Crippen LogP contribution in [0.1, 0.15) is 17.2 Å². The Labute approximate surface area is 110 Å². The Morgan fingerprint density at radius 1 is 1.42 bits per heavy atom. The second-order valence-electron chi connectivity index (χ2n) is 4.42. The molecular formula is C13H16N2O4. The van der Waals surface area contributed by atoms with Crippen molar-refractivity contribution in [2.45, 2.75) is 18.5 Å². The first-order chi connectivity index (χ1) is 9.13. The molecule has 0 saturated carbocycles. The average molecular weight is 264 g/mol. The molecule has 6 nitrogen and oxygen atoms in total. The van der Waals surface area contributed by atoms with Gasteiger partial charge in [0.25, 0.3) is 0 Å². The first-order valence-corrected chi connectivity index (χ1v) is 6.08. The molecule has 1 aliphatic rings. The van der Waals surface area contributed by atoms with E-state index in [2.05, 4.69) is 10.6 Å². The maximum absolute atomic E-state index is 12.1. The maximum atomic E-state index is 12.1.